The molecule has 1 aromatic rings. The molecular formula is C14H19N3O2S. The Morgan fingerprint density at radius 3 is 2.95 bits per heavy atom. The largest absolute Gasteiger partial charge is 0.409 e. The first-order chi connectivity index (χ1) is 9.65. The van der Waals surface area contributed by atoms with Crippen molar-refractivity contribution in [1.82, 2.24) is 4.90 Å². The number of rotatable bonds is 5. The number of hydrogen-bond acceptors (Lipinski definition) is 4. The Balaban J connectivity index is 1.97. The highest BCUT2D eigenvalue weighted by Crippen LogP contribution is 2.37. The molecule has 0 spiro atoms. The van der Waals surface area contributed by atoms with Gasteiger partial charge in [0.05, 0.1) is 5.25 Å². The van der Waals surface area contributed by atoms with E-state index in [4.69, 9.17) is 10.9 Å². The third kappa shape index (κ3) is 3.25. The zero-order valence-corrected chi connectivity index (χ0v) is 12.3. The van der Waals surface area contributed by atoms with E-state index in [-0.39, 0.29) is 17.0 Å². The third-order valence-electron chi connectivity index (χ3n) is 3.38. The molecule has 2 rings (SSSR count). The minimum Gasteiger partial charge on any atom is -0.409 e. The lowest BCUT2D eigenvalue weighted by molar-refractivity contribution is -0.130. The van der Waals surface area contributed by atoms with Crippen LogP contribution in [0.5, 0.6) is 0 Å². The van der Waals surface area contributed by atoms with Gasteiger partial charge in [0.2, 0.25) is 5.91 Å². The van der Waals surface area contributed by atoms with Crippen LogP contribution in [0.25, 0.3) is 0 Å². The molecule has 1 heterocycles. The summed E-state index contributed by atoms with van der Waals surface area (Å²) in [4.78, 5) is 15.5. The van der Waals surface area contributed by atoms with E-state index in [9.17, 15) is 4.79 Å². The molecule has 1 aliphatic rings. The first-order valence-corrected chi connectivity index (χ1v) is 7.53. The second-order valence-electron chi connectivity index (χ2n) is 4.68. The van der Waals surface area contributed by atoms with Crippen molar-refractivity contribution in [3.63, 3.8) is 0 Å². The van der Waals surface area contributed by atoms with Crippen LogP contribution in [0.15, 0.2) is 34.3 Å². The number of carbonyl (C=O) groups is 1. The van der Waals surface area contributed by atoms with Crippen LogP contribution in [0.3, 0.4) is 0 Å². The van der Waals surface area contributed by atoms with Gasteiger partial charge in [0.15, 0.2) is 0 Å². The van der Waals surface area contributed by atoms with Crippen LogP contribution in [-0.4, -0.2) is 40.2 Å². The molecule has 0 aliphatic carbocycles. The number of amidine groups is 1. The van der Waals surface area contributed by atoms with Crippen LogP contribution in [-0.2, 0) is 11.2 Å². The predicted octanol–water partition coefficient (Wildman–Crippen LogP) is 1.69. The Hall–Kier alpha value is -1.69. The number of benzene rings is 1. The second-order valence-corrected chi connectivity index (χ2v) is 5.92. The van der Waals surface area contributed by atoms with Crippen molar-refractivity contribution >= 4 is 23.5 Å². The van der Waals surface area contributed by atoms with Gasteiger partial charge in [0, 0.05) is 24.4 Å². The van der Waals surface area contributed by atoms with Gasteiger partial charge in [0.25, 0.3) is 0 Å². The van der Waals surface area contributed by atoms with Crippen LogP contribution in [0, 0.1) is 0 Å². The molecule has 1 aromatic carbocycles. The van der Waals surface area contributed by atoms with Crippen molar-refractivity contribution in [2.45, 2.75) is 29.9 Å². The monoisotopic (exact) mass is 293 g/mol. The molecule has 1 aliphatic heterocycles. The second kappa shape index (κ2) is 6.65. The molecule has 0 saturated heterocycles. The van der Waals surface area contributed by atoms with Crippen molar-refractivity contribution in [3.05, 3.63) is 29.8 Å². The van der Waals surface area contributed by atoms with Crippen LogP contribution < -0.4 is 5.73 Å². The highest BCUT2D eigenvalue weighted by molar-refractivity contribution is 8.01. The molecule has 108 valence electrons. The third-order valence-corrected chi connectivity index (χ3v) is 4.69. The average Bonchev–Trinajstić information content (AvgIpc) is 2.91. The molecule has 1 atom stereocenters. The lowest BCUT2D eigenvalue weighted by atomic mass is 10.1. The summed E-state index contributed by atoms with van der Waals surface area (Å²) >= 11 is 1.63. The average molecular weight is 293 g/mol. The Bertz CT molecular complexity index is 494. The van der Waals surface area contributed by atoms with Gasteiger partial charge in [-0.15, -0.1) is 11.8 Å². The number of oxime groups is 1. The smallest absolute Gasteiger partial charge is 0.236 e. The molecule has 20 heavy (non-hydrogen) atoms. The number of nitrogens with two attached hydrogens (primary N) is 1. The van der Waals surface area contributed by atoms with E-state index in [1.54, 1.807) is 16.7 Å². The fraction of sp³-hybridized carbons (Fsp3) is 0.429. The highest BCUT2D eigenvalue weighted by atomic mass is 32.2. The number of hydrogen-bond donors (Lipinski definition) is 2. The summed E-state index contributed by atoms with van der Waals surface area (Å²) in [5.74, 6) is 0.276. The van der Waals surface area contributed by atoms with Crippen molar-refractivity contribution in [2.24, 2.45) is 10.9 Å². The van der Waals surface area contributed by atoms with Gasteiger partial charge < -0.3 is 15.8 Å². The number of amides is 1. The minimum atomic E-state index is -0.0559. The maximum Gasteiger partial charge on any atom is 0.236 e. The Morgan fingerprint density at radius 2 is 2.30 bits per heavy atom. The van der Waals surface area contributed by atoms with Gasteiger partial charge in [0.1, 0.15) is 5.84 Å². The predicted molar refractivity (Wildman–Crippen MR) is 80.1 cm³/mol. The highest BCUT2D eigenvalue weighted by Gasteiger charge is 2.30. The van der Waals surface area contributed by atoms with Crippen molar-refractivity contribution in [3.8, 4) is 0 Å². The lowest BCUT2D eigenvalue weighted by Crippen LogP contribution is -2.39. The molecule has 1 amide bonds. The first kappa shape index (κ1) is 14.7. The van der Waals surface area contributed by atoms with Crippen LogP contribution in [0.1, 0.15) is 18.9 Å². The van der Waals surface area contributed by atoms with Crippen molar-refractivity contribution in [1.29, 1.82) is 0 Å². The van der Waals surface area contributed by atoms with Crippen LogP contribution in [0.2, 0.25) is 0 Å². The van der Waals surface area contributed by atoms with Gasteiger partial charge in [-0.1, -0.05) is 23.4 Å². The van der Waals surface area contributed by atoms with Gasteiger partial charge in [-0.05, 0) is 25.0 Å². The van der Waals surface area contributed by atoms with E-state index in [1.165, 1.54) is 10.5 Å². The molecule has 6 heteroatoms. The zero-order valence-electron chi connectivity index (χ0n) is 11.5. The zero-order chi connectivity index (χ0) is 14.5. The van der Waals surface area contributed by atoms with E-state index >= 15 is 0 Å². The van der Waals surface area contributed by atoms with E-state index in [0.717, 1.165) is 6.42 Å². The number of carbonyl (C=O) groups excluding carboxylic acids is 1. The summed E-state index contributed by atoms with van der Waals surface area (Å²) < 4.78 is 0. The van der Waals surface area contributed by atoms with Crippen molar-refractivity contribution in [2.75, 3.05) is 13.1 Å². The van der Waals surface area contributed by atoms with Gasteiger partial charge >= 0.3 is 0 Å². The van der Waals surface area contributed by atoms with E-state index in [1.807, 2.05) is 19.1 Å². The van der Waals surface area contributed by atoms with E-state index in [2.05, 4.69) is 17.3 Å². The fourth-order valence-electron chi connectivity index (χ4n) is 2.25. The molecule has 0 fully saturated rings. The van der Waals surface area contributed by atoms with E-state index < -0.39 is 0 Å². The summed E-state index contributed by atoms with van der Waals surface area (Å²) in [6, 6.07) is 8.12. The standard InChI is InChI=1S/C14H19N3O2S/c1-2-17(8-7-13(15)16-19)14(18)12-9-10-5-3-4-6-11(10)20-12/h3-6,12,19H,2,7-9H2,1H3,(H2,15,16). The normalized spacial score (nSPS) is 17.9. The summed E-state index contributed by atoms with van der Waals surface area (Å²) in [5, 5.41) is 11.4. The van der Waals surface area contributed by atoms with Crippen molar-refractivity contribution < 1.29 is 10.0 Å². The minimum absolute atomic E-state index is 0.0559. The van der Waals surface area contributed by atoms with Gasteiger partial charge in [-0.3, -0.25) is 4.79 Å². The topological polar surface area (TPSA) is 78.9 Å². The van der Waals surface area contributed by atoms with Crippen LogP contribution >= 0.6 is 11.8 Å². The summed E-state index contributed by atoms with van der Waals surface area (Å²) in [5.41, 5.74) is 6.69. The maximum absolute atomic E-state index is 12.5. The summed E-state index contributed by atoms with van der Waals surface area (Å²) in [6.45, 7) is 3.06. The summed E-state index contributed by atoms with van der Waals surface area (Å²) in [6.07, 6.45) is 1.17. The molecule has 1 unspecified atom stereocenters. The number of fused-ring (bicyclic) bond motifs is 1. The lowest BCUT2D eigenvalue weighted by Gasteiger charge is -2.23. The molecule has 5 nitrogen and oxygen atoms in total. The van der Waals surface area contributed by atoms with E-state index in [0.29, 0.717) is 19.5 Å². The van der Waals surface area contributed by atoms with Gasteiger partial charge in [-0.25, -0.2) is 0 Å². The Morgan fingerprint density at radius 1 is 1.55 bits per heavy atom. The molecule has 0 bridgehead atoms. The maximum atomic E-state index is 12.5. The fourth-order valence-corrected chi connectivity index (χ4v) is 3.53. The van der Waals surface area contributed by atoms with Crippen LogP contribution in [0.4, 0.5) is 0 Å². The number of nitrogens with zero attached hydrogens (tertiary/aromatic N) is 2. The molecule has 3 N–H and O–H groups in total. The Labute approximate surface area is 122 Å². The number of thioether (sulfide) groups is 1. The quantitative estimate of drug-likeness (QED) is 0.375. The SMILES string of the molecule is CCN(CCC(N)=NO)C(=O)C1Cc2ccccc2S1. The molecule has 0 aromatic heterocycles. The molecule has 0 radical (unpaired) electrons. The Kier molecular flexibility index (Phi) is 4.89. The molecule has 0 saturated carbocycles. The molecular weight excluding hydrogens is 274 g/mol. The first-order valence-electron chi connectivity index (χ1n) is 6.65. The van der Waals surface area contributed by atoms with Gasteiger partial charge in [-0.2, -0.15) is 0 Å². The summed E-state index contributed by atoms with van der Waals surface area (Å²) in [7, 11) is 0.